The van der Waals surface area contributed by atoms with E-state index in [1.54, 1.807) is 33.4 Å². The second kappa shape index (κ2) is 12.2. The van der Waals surface area contributed by atoms with Crippen molar-refractivity contribution >= 4 is 5.43 Å². The molecule has 0 saturated heterocycles. The van der Waals surface area contributed by atoms with E-state index in [-0.39, 0.29) is 30.2 Å². The largest absolute Gasteiger partial charge is 1.00 e. The zero-order valence-corrected chi connectivity index (χ0v) is 27.0. The molecule has 0 nitrogen and oxygen atoms in total. The molecule has 0 aromatic heterocycles. The van der Waals surface area contributed by atoms with Crippen LogP contribution in [0.25, 0.3) is 0 Å². The van der Waals surface area contributed by atoms with Crippen LogP contribution in [0.2, 0.25) is 20.3 Å². The minimum absolute atomic E-state index is 0. The van der Waals surface area contributed by atoms with Crippen molar-refractivity contribution in [1.82, 2.24) is 0 Å². The Hall–Kier alpha value is -0.400. The van der Waals surface area contributed by atoms with Crippen molar-refractivity contribution in [3.8, 4) is 0 Å². The molecular formula is C30H40Cl2SiZr. The monoisotopic (exact) mass is 588 g/mol. The molecule has 0 aromatic rings. The van der Waals surface area contributed by atoms with Crippen LogP contribution in [0.1, 0.15) is 41.5 Å². The maximum absolute atomic E-state index is 2.63. The Balaban J connectivity index is 0.00000204. The van der Waals surface area contributed by atoms with Crippen molar-refractivity contribution in [1.29, 1.82) is 0 Å². The fourth-order valence-corrected chi connectivity index (χ4v) is 27.0. The summed E-state index contributed by atoms with van der Waals surface area (Å²) in [7, 11) is 0. The summed E-state index contributed by atoms with van der Waals surface area (Å²) in [6.45, 7) is 19.7. The van der Waals surface area contributed by atoms with Crippen molar-refractivity contribution in [2.24, 2.45) is 23.7 Å². The molecule has 0 aromatic carbocycles. The Morgan fingerprint density at radius 3 is 1.35 bits per heavy atom. The molecule has 0 heterocycles. The first-order valence-electron chi connectivity index (χ1n) is 12.4. The summed E-state index contributed by atoms with van der Waals surface area (Å²) in [5, 5.41) is 0. The molecule has 0 saturated carbocycles. The van der Waals surface area contributed by atoms with Crippen LogP contribution in [0, 0.1) is 23.7 Å². The van der Waals surface area contributed by atoms with Gasteiger partial charge in [0.15, 0.2) is 0 Å². The van der Waals surface area contributed by atoms with Crippen molar-refractivity contribution < 1.29 is 45.2 Å². The third-order valence-electron chi connectivity index (χ3n) is 7.73. The van der Waals surface area contributed by atoms with Gasteiger partial charge in [-0.2, -0.15) is 0 Å². The van der Waals surface area contributed by atoms with Crippen LogP contribution < -0.4 is 24.8 Å². The summed E-state index contributed by atoms with van der Waals surface area (Å²) in [6, 6.07) is 0. The van der Waals surface area contributed by atoms with Gasteiger partial charge in [0.1, 0.15) is 0 Å². The normalized spacial score (nSPS) is 26.9. The van der Waals surface area contributed by atoms with E-state index >= 15 is 0 Å². The predicted molar refractivity (Wildman–Crippen MR) is 140 cm³/mol. The summed E-state index contributed by atoms with van der Waals surface area (Å²) in [5.41, 5.74) is 9.59. The first-order valence-corrected chi connectivity index (χ1v) is 21.5. The maximum Gasteiger partial charge on any atom is -1.00 e. The van der Waals surface area contributed by atoms with E-state index in [1.807, 2.05) is 0 Å². The molecule has 182 valence electrons. The molecule has 4 heteroatoms. The Bertz CT molecular complexity index is 1000. The molecule has 4 unspecified atom stereocenters. The first kappa shape index (κ1) is 29.8. The Morgan fingerprint density at radius 2 is 1.03 bits per heavy atom. The van der Waals surface area contributed by atoms with Crippen LogP contribution >= 0.6 is 0 Å². The maximum atomic E-state index is 2.63. The van der Waals surface area contributed by atoms with Crippen LogP contribution in [0.4, 0.5) is 0 Å². The quantitative estimate of drug-likeness (QED) is 0.442. The third-order valence-corrected chi connectivity index (χ3v) is 27.6. The Kier molecular flexibility index (Phi) is 10.7. The van der Waals surface area contributed by atoms with Crippen LogP contribution in [0.15, 0.2) is 94.2 Å². The van der Waals surface area contributed by atoms with E-state index in [2.05, 4.69) is 115 Å². The molecule has 0 fully saturated rings. The topological polar surface area (TPSA) is 0 Å². The van der Waals surface area contributed by atoms with Gasteiger partial charge in [-0.15, -0.1) is 0 Å². The molecule has 0 bridgehead atoms. The number of rotatable bonds is 4. The minimum atomic E-state index is -1.95. The Labute approximate surface area is 228 Å². The van der Waals surface area contributed by atoms with Gasteiger partial charge >= 0.3 is 206 Å². The standard InChI is InChI=1S/2C14H17.C2H6Si.2ClH.Zr/c2*1-10(2)13-7-5-4-6-12-8-11(3)9-14(12)13;1-3-2;;;/h2*4-10,13H,1-3H3;1-2H3;2*1H;/q;;;;;+2/p-2. The summed E-state index contributed by atoms with van der Waals surface area (Å²) in [5.74, 6) is 2.39. The average Bonchev–Trinajstić information content (AvgIpc) is 3.00. The predicted octanol–water partition coefficient (Wildman–Crippen LogP) is 2.75. The Morgan fingerprint density at radius 1 is 0.647 bits per heavy atom. The first-order chi connectivity index (χ1) is 15.2. The molecule has 0 amide bonds. The molecule has 34 heavy (non-hydrogen) atoms. The van der Waals surface area contributed by atoms with Gasteiger partial charge in [0, 0.05) is 0 Å². The zero-order chi connectivity index (χ0) is 23.2. The number of hydrogen-bond acceptors (Lipinski definition) is 0. The molecule has 0 N–H and O–H groups in total. The third kappa shape index (κ3) is 5.46. The number of allylic oxidation sites excluding steroid dienone is 16. The molecular weight excluding hydrogens is 551 g/mol. The molecule has 4 aliphatic carbocycles. The van der Waals surface area contributed by atoms with E-state index in [1.165, 1.54) is 0 Å². The molecule has 0 spiro atoms. The van der Waals surface area contributed by atoms with Gasteiger partial charge in [0.25, 0.3) is 0 Å². The van der Waals surface area contributed by atoms with Crippen molar-refractivity contribution in [3.05, 3.63) is 94.2 Å². The van der Waals surface area contributed by atoms with Gasteiger partial charge in [0.2, 0.25) is 0 Å². The van der Waals surface area contributed by atoms with Gasteiger partial charge in [-0.3, -0.25) is 0 Å². The summed E-state index contributed by atoms with van der Waals surface area (Å²) < 4.78 is 1.46. The van der Waals surface area contributed by atoms with Gasteiger partial charge in [0.05, 0.1) is 0 Å². The van der Waals surface area contributed by atoms with Crippen LogP contribution in [0.3, 0.4) is 0 Å². The van der Waals surface area contributed by atoms with E-state index in [0.717, 1.165) is 7.25 Å². The molecule has 0 aliphatic heterocycles. The molecule has 4 aliphatic rings. The summed E-state index contributed by atoms with van der Waals surface area (Å²) in [4.78, 5) is 0. The fraction of sp³-hybridized carbons (Fsp3) is 0.467. The number of hydrogen-bond donors (Lipinski definition) is 0. The fourth-order valence-electron chi connectivity index (χ4n) is 6.24. The SMILES string of the molecule is CC1=CC2=C(C=CC=CC2C(C)C)[CH]1[Zr+2]([CH]1C(C)=CC2=C1C=CC=CC2C(C)C)=[Si](C)C.[Cl-].[Cl-]. The van der Waals surface area contributed by atoms with Crippen LogP contribution in [0.5, 0.6) is 0 Å². The van der Waals surface area contributed by atoms with Crippen molar-refractivity contribution in [2.75, 3.05) is 0 Å². The van der Waals surface area contributed by atoms with Gasteiger partial charge in [-0.25, -0.2) is 0 Å². The second-order valence-electron chi connectivity index (χ2n) is 10.9. The van der Waals surface area contributed by atoms with E-state index in [4.69, 9.17) is 0 Å². The smallest absolute Gasteiger partial charge is 1.00 e. The summed E-state index contributed by atoms with van der Waals surface area (Å²) in [6.07, 6.45) is 24.3. The van der Waals surface area contributed by atoms with Crippen molar-refractivity contribution in [3.63, 3.8) is 0 Å². The minimum Gasteiger partial charge on any atom is -1.00 e. The molecule has 4 atom stereocenters. The van der Waals surface area contributed by atoms with Gasteiger partial charge < -0.3 is 24.8 Å². The van der Waals surface area contributed by atoms with E-state index in [9.17, 15) is 0 Å². The molecule has 4 rings (SSSR count). The molecule has 0 radical (unpaired) electrons. The zero-order valence-electron chi connectivity index (χ0n) is 22.0. The van der Waals surface area contributed by atoms with Crippen molar-refractivity contribution in [2.45, 2.75) is 61.9 Å². The average molecular weight is 591 g/mol. The van der Waals surface area contributed by atoms with E-state index < -0.39 is 20.4 Å². The summed E-state index contributed by atoms with van der Waals surface area (Å²) >= 11 is -1.95. The van der Waals surface area contributed by atoms with E-state index in [0.29, 0.717) is 23.7 Å². The van der Waals surface area contributed by atoms with Crippen LogP contribution in [-0.2, 0) is 20.4 Å². The van der Waals surface area contributed by atoms with Crippen LogP contribution in [-0.4, -0.2) is 5.43 Å². The second-order valence-corrected chi connectivity index (χ2v) is 28.8. The van der Waals surface area contributed by atoms with Gasteiger partial charge in [-0.05, 0) is 0 Å². The number of halogens is 2. The van der Waals surface area contributed by atoms with Gasteiger partial charge in [-0.1, -0.05) is 0 Å².